The zero-order valence-corrected chi connectivity index (χ0v) is 17.2. The number of aromatic nitrogens is 4. The van der Waals surface area contributed by atoms with Gasteiger partial charge in [0.15, 0.2) is 0 Å². The predicted octanol–water partition coefficient (Wildman–Crippen LogP) is 3.38. The minimum atomic E-state index is -0.162. The van der Waals surface area contributed by atoms with E-state index in [4.69, 9.17) is 0 Å². The smallest absolute Gasteiger partial charge is 0.265 e. The molecular formula is C23H25N5O2. The molecule has 1 amide bonds. The number of pyridine rings is 1. The monoisotopic (exact) mass is 403 g/mol. The number of nitrogens with one attached hydrogen (secondary N) is 1. The van der Waals surface area contributed by atoms with Crippen LogP contribution in [0, 0.1) is 0 Å². The van der Waals surface area contributed by atoms with E-state index in [2.05, 4.69) is 29.1 Å². The number of aryl methyl sites for hydroxylation is 1. The molecule has 0 radical (unpaired) electrons. The third-order valence-corrected chi connectivity index (χ3v) is 5.26. The van der Waals surface area contributed by atoms with Crippen LogP contribution in [0.1, 0.15) is 48.5 Å². The normalized spacial score (nSPS) is 11.4. The van der Waals surface area contributed by atoms with Gasteiger partial charge in [0.05, 0.1) is 17.2 Å². The molecule has 0 aliphatic heterocycles. The number of hydrogen-bond donors (Lipinski definition) is 1. The maximum Gasteiger partial charge on any atom is 0.265 e. The molecular weight excluding hydrogens is 378 g/mol. The molecule has 0 atom stereocenters. The first-order chi connectivity index (χ1) is 14.5. The Morgan fingerprint density at radius 1 is 1.13 bits per heavy atom. The fourth-order valence-corrected chi connectivity index (χ4v) is 3.46. The summed E-state index contributed by atoms with van der Waals surface area (Å²) in [7, 11) is 0. The largest absolute Gasteiger partial charge is 0.352 e. The van der Waals surface area contributed by atoms with Gasteiger partial charge in [-0.2, -0.15) is 0 Å². The first-order valence-corrected chi connectivity index (χ1v) is 10.2. The number of benzene rings is 1. The summed E-state index contributed by atoms with van der Waals surface area (Å²) in [4.78, 5) is 34.0. The second kappa shape index (κ2) is 8.49. The third kappa shape index (κ3) is 4.10. The van der Waals surface area contributed by atoms with Gasteiger partial charge in [-0.05, 0) is 48.6 Å². The van der Waals surface area contributed by atoms with Crippen molar-refractivity contribution in [3.63, 3.8) is 0 Å². The van der Waals surface area contributed by atoms with Crippen molar-refractivity contribution in [3.8, 4) is 0 Å². The van der Waals surface area contributed by atoms with E-state index in [-0.39, 0.29) is 11.5 Å². The molecule has 0 saturated heterocycles. The number of fused-ring (bicyclic) bond motifs is 2. The Bertz CT molecular complexity index is 1240. The van der Waals surface area contributed by atoms with E-state index in [1.165, 1.54) is 4.40 Å². The van der Waals surface area contributed by atoms with E-state index in [0.717, 1.165) is 24.9 Å². The van der Waals surface area contributed by atoms with E-state index in [0.29, 0.717) is 34.6 Å². The van der Waals surface area contributed by atoms with Gasteiger partial charge in [0, 0.05) is 37.2 Å². The molecule has 4 rings (SSSR count). The van der Waals surface area contributed by atoms with Gasteiger partial charge >= 0.3 is 0 Å². The molecule has 0 saturated carbocycles. The van der Waals surface area contributed by atoms with Crippen LogP contribution in [0.2, 0.25) is 0 Å². The van der Waals surface area contributed by atoms with E-state index < -0.39 is 0 Å². The van der Waals surface area contributed by atoms with E-state index >= 15 is 0 Å². The topological polar surface area (TPSA) is 81.3 Å². The van der Waals surface area contributed by atoms with Crippen molar-refractivity contribution >= 4 is 22.5 Å². The Labute approximate surface area is 174 Å². The van der Waals surface area contributed by atoms with Crippen LogP contribution in [0.15, 0.2) is 60.0 Å². The van der Waals surface area contributed by atoms with Crippen molar-refractivity contribution in [2.45, 2.75) is 39.2 Å². The van der Waals surface area contributed by atoms with Crippen molar-refractivity contribution < 1.29 is 4.79 Å². The van der Waals surface area contributed by atoms with Gasteiger partial charge in [0.25, 0.3) is 11.5 Å². The Hall–Kier alpha value is -3.48. The molecule has 7 nitrogen and oxygen atoms in total. The molecule has 154 valence electrons. The fraction of sp³-hybridized carbons (Fsp3) is 0.304. The highest BCUT2D eigenvalue weighted by Gasteiger charge is 2.11. The summed E-state index contributed by atoms with van der Waals surface area (Å²) < 4.78 is 3.51. The minimum absolute atomic E-state index is 0.121. The number of carbonyl (C=O) groups is 1. The molecule has 3 heterocycles. The van der Waals surface area contributed by atoms with Gasteiger partial charge in [0.2, 0.25) is 0 Å². The van der Waals surface area contributed by atoms with Crippen molar-refractivity contribution in [2.75, 3.05) is 6.54 Å². The molecule has 0 aliphatic rings. The van der Waals surface area contributed by atoms with Crippen LogP contribution >= 0.6 is 0 Å². The van der Waals surface area contributed by atoms with Crippen LogP contribution in [0.3, 0.4) is 0 Å². The summed E-state index contributed by atoms with van der Waals surface area (Å²) in [6.07, 6.45) is 8.92. The van der Waals surface area contributed by atoms with E-state index in [1.807, 2.05) is 29.0 Å². The average Bonchev–Trinajstić information content (AvgIpc) is 3.26. The van der Waals surface area contributed by atoms with Gasteiger partial charge in [-0.1, -0.05) is 19.9 Å². The van der Waals surface area contributed by atoms with E-state index in [1.54, 1.807) is 30.9 Å². The number of unbranched alkanes of at least 4 members (excludes halogenated alkanes) is 1. The molecule has 1 aromatic carbocycles. The number of imidazole rings is 1. The quantitative estimate of drug-likeness (QED) is 0.379. The molecule has 0 spiro atoms. The van der Waals surface area contributed by atoms with Gasteiger partial charge in [-0.3, -0.25) is 14.0 Å². The fourth-order valence-electron chi connectivity index (χ4n) is 3.46. The number of amides is 1. The third-order valence-electron chi connectivity index (χ3n) is 5.26. The molecule has 0 fully saturated rings. The number of rotatable bonds is 7. The highest BCUT2D eigenvalue weighted by atomic mass is 16.1. The predicted molar refractivity (Wildman–Crippen MR) is 117 cm³/mol. The molecule has 0 aliphatic carbocycles. The van der Waals surface area contributed by atoms with Gasteiger partial charge in [-0.25, -0.2) is 9.97 Å². The Balaban J connectivity index is 1.48. The zero-order valence-electron chi connectivity index (χ0n) is 17.2. The summed E-state index contributed by atoms with van der Waals surface area (Å²) in [6, 6.07) is 9.11. The molecule has 30 heavy (non-hydrogen) atoms. The van der Waals surface area contributed by atoms with Crippen molar-refractivity contribution in [1.82, 2.24) is 24.3 Å². The highest BCUT2D eigenvalue weighted by Crippen LogP contribution is 2.19. The van der Waals surface area contributed by atoms with Crippen LogP contribution in [-0.2, 0) is 6.54 Å². The SMILES string of the molecule is CC(C)c1ccc2nc3cc(C(=O)NCCCCn4ccnc4)ccn3c(=O)c2c1. The maximum absolute atomic E-state index is 12.9. The van der Waals surface area contributed by atoms with Gasteiger partial charge in [-0.15, -0.1) is 0 Å². The lowest BCUT2D eigenvalue weighted by molar-refractivity contribution is 0.0953. The van der Waals surface area contributed by atoms with Crippen LogP contribution in [-0.4, -0.2) is 31.4 Å². The van der Waals surface area contributed by atoms with Crippen molar-refractivity contribution in [1.29, 1.82) is 0 Å². The van der Waals surface area contributed by atoms with Gasteiger partial charge in [0.1, 0.15) is 5.65 Å². The molecule has 3 aromatic heterocycles. The molecule has 0 unspecified atom stereocenters. The molecule has 1 N–H and O–H groups in total. The zero-order chi connectivity index (χ0) is 21.1. The lowest BCUT2D eigenvalue weighted by atomic mass is 10.0. The van der Waals surface area contributed by atoms with Crippen LogP contribution in [0.4, 0.5) is 0 Å². The second-order valence-corrected chi connectivity index (χ2v) is 7.76. The second-order valence-electron chi connectivity index (χ2n) is 7.76. The van der Waals surface area contributed by atoms with E-state index in [9.17, 15) is 9.59 Å². The van der Waals surface area contributed by atoms with Crippen LogP contribution in [0.5, 0.6) is 0 Å². The summed E-state index contributed by atoms with van der Waals surface area (Å²) in [5, 5.41) is 3.53. The first kappa shape index (κ1) is 19.8. The Kier molecular flexibility index (Phi) is 5.61. The van der Waals surface area contributed by atoms with Gasteiger partial charge < -0.3 is 9.88 Å². The lowest BCUT2D eigenvalue weighted by Gasteiger charge is -2.09. The van der Waals surface area contributed by atoms with Crippen molar-refractivity contribution in [3.05, 3.63) is 76.7 Å². The number of nitrogens with zero attached hydrogens (tertiary/aromatic N) is 4. The van der Waals surface area contributed by atoms with Crippen molar-refractivity contribution in [2.24, 2.45) is 0 Å². The van der Waals surface area contributed by atoms with Crippen LogP contribution < -0.4 is 10.9 Å². The number of carbonyl (C=O) groups excluding carboxylic acids is 1. The Morgan fingerprint density at radius 2 is 2.00 bits per heavy atom. The summed E-state index contributed by atoms with van der Waals surface area (Å²) in [6.45, 7) is 5.66. The molecule has 0 bridgehead atoms. The molecule has 4 aromatic rings. The summed E-state index contributed by atoms with van der Waals surface area (Å²) in [5.74, 6) is 0.171. The maximum atomic E-state index is 12.9. The van der Waals surface area contributed by atoms with Crippen LogP contribution in [0.25, 0.3) is 16.6 Å². The molecule has 7 heteroatoms. The minimum Gasteiger partial charge on any atom is -0.352 e. The average molecular weight is 403 g/mol. The summed E-state index contributed by atoms with van der Waals surface area (Å²) in [5.41, 5.74) is 2.59. The lowest BCUT2D eigenvalue weighted by Crippen LogP contribution is -2.25. The summed E-state index contributed by atoms with van der Waals surface area (Å²) >= 11 is 0. The highest BCUT2D eigenvalue weighted by molar-refractivity contribution is 5.95. The first-order valence-electron chi connectivity index (χ1n) is 10.2. The number of hydrogen-bond acceptors (Lipinski definition) is 4. The Morgan fingerprint density at radius 3 is 2.77 bits per heavy atom. The standard InChI is InChI=1S/C23H25N5O2/c1-16(2)17-5-6-20-19(13-17)23(30)28-11-7-18(14-21(28)26-20)22(29)25-8-3-4-10-27-12-9-24-15-27/h5-7,9,11-16H,3-4,8,10H2,1-2H3,(H,25,29).